The summed E-state index contributed by atoms with van der Waals surface area (Å²) in [5.41, 5.74) is 5.38. The van der Waals surface area contributed by atoms with Crippen LogP contribution in [-0.4, -0.2) is 28.0 Å². The Morgan fingerprint density at radius 2 is 1.65 bits per heavy atom. The fraction of sp³-hybridized carbons (Fsp3) is 0.259. The summed E-state index contributed by atoms with van der Waals surface area (Å²) < 4.78 is 14.3. The number of rotatable bonds is 4. The topological polar surface area (TPSA) is 29.0 Å². The average Bonchev–Trinajstić information content (AvgIpc) is 2.82. The van der Waals surface area contributed by atoms with Crippen LogP contribution in [0.1, 0.15) is 47.2 Å². The van der Waals surface area contributed by atoms with Crippen molar-refractivity contribution in [3.05, 3.63) is 107 Å². The Balaban J connectivity index is 1.49. The molecule has 0 amide bonds. The lowest BCUT2D eigenvalue weighted by atomic mass is 9.86. The van der Waals surface area contributed by atoms with Crippen LogP contribution in [0.4, 0.5) is 4.39 Å². The zero-order chi connectivity index (χ0) is 21.2. The van der Waals surface area contributed by atoms with E-state index in [9.17, 15) is 4.39 Å². The van der Waals surface area contributed by atoms with E-state index >= 15 is 0 Å². The van der Waals surface area contributed by atoms with E-state index in [1.807, 2.05) is 36.7 Å². The van der Waals surface area contributed by atoms with Crippen LogP contribution in [0.3, 0.4) is 0 Å². The number of piperidine rings is 1. The molecular weight excluding hydrogens is 385 g/mol. The zero-order valence-electron chi connectivity index (χ0n) is 17.7. The van der Waals surface area contributed by atoms with Crippen LogP contribution in [0.5, 0.6) is 0 Å². The highest BCUT2D eigenvalue weighted by Crippen LogP contribution is 2.37. The minimum atomic E-state index is -0.0846. The molecule has 1 aliphatic heterocycles. The fourth-order valence-electron chi connectivity index (χ4n) is 4.96. The quantitative estimate of drug-likeness (QED) is 0.410. The van der Waals surface area contributed by atoms with Gasteiger partial charge in [0.2, 0.25) is 0 Å². The molecule has 2 aromatic carbocycles. The van der Waals surface area contributed by atoms with Crippen LogP contribution >= 0.6 is 0 Å². The number of likely N-dealkylation sites (tertiary alicyclic amines) is 1. The lowest BCUT2D eigenvalue weighted by Crippen LogP contribution is -2.37. The Hall–Kier alpha value is -3.11. The monoisotopic (exact) mass is 411 g/mol. The van der Waals surface area contributed by atoms with Crippen molar-refractivity contribution in [2.75, 3.05) is 13.1 Å². The van der Waals surface area contributed by atoms with E-state index in [-0.39, 0.29) is 17.8 Å². The van der Waals surface area contributed by atoms with E-state index in [0.717, 1.165) is 48.1 Å². The highest BCUT2D eigenvalue weighted by atomic mass is 19.1. The average molecular weight is 412 g/mol. The van der Waals surface area contributed by atoms with Gasteiger partial charge in [-0.2, -0.15) is 0 Å². The molecule has 2 aromatic heterocycles. The van der Waals surface area contributed by atoms with Gasteiger partial charge in [0.25, 0.3) is 0 Å². The number of fused-ring (bicyclic) bond motifs is 1. The zero-order valence-corrected chi connectivity index (χ0v) is 17.7. The van der Waals surface area contributed by atoms with Gasteiger partial charge in [-0.15, -0.1) is 0 Å². The molecule has 0 aliphatic carbocycles. The number of aryl methyl sites for hydroxylation is 1. The van der Waals surface area contributed by atoms with E-state index in [2.05, 4.69) is 47.1 Å². The lowest BCUT2D eigenvalue weighted by Gasteiger charge is -2.38. The van der Waals surface area contributed by atoms with Crippen LogP contribution in [0, 0.1) is 12.7 Å². The predicted molar refractivity (Wildman–Crippen MR) is 123 cm³/mol. The van der Waals surface area contributed by atoms with E-state index in [1.165, 1.54) is 11.1 Å². The van der Waals surface area contributed by atoms with E-state index in [4.69, 9.17) is 4.98 Å². The Morgan fingerprint density at radius 3 is 2.42 bits per heavy atom. The fourth-order valence-corrected chi connectivity index (χ4v) is 4.96. The Bertz CT molecular complexity index is 1180. The number of benzene rings is 2. The van der Waals surface area contributed by atoms with Gasteiger partial charge in [-0.1, -0.05) is 42.5 Å². The van der Waals surface area contributed by atoms with Gasteiger partial charge in [-0.05, 0) is 79.7 Å². The van der Waals surface area contributed by atoms with Gasteiger partial charge in [0.1, 0.15) is 5.82 Å². The second kappa shape index (κ2) is 8.56. The summed E-state index contributed by atoms with van der Waals surface area (Å²) in [6, 6.07) is 21.9. The third-order valence-electron chi connectivity index (χ3n) is 6.57. The van der Waals surface area contributed by atoms with Crippen molar-refractivity contribution in [2.24, 2.45) is 0 Å². The maximum Gasteiger partial charge on any atom is 0.126 e. The molecule has 3 nitrogen and oxygen atoms in total. The molecule has 3 heterocycles. The molecule has 1 saturated heterocycles. The minimum Gasteiger partial charge on any atom is -0.291 e. The van der Waals surface area contributed by atoms with Crippen LogP contribution in [0.2, 0.25) is 0 Å². The van der Waals surface area contributed by atoms with E-state index < -0.39 is 0 Å². The molecule has 0 radical (unpaired) electrons. The summed E-state index contributed by atoms with van der Waals surface area (Å²) in [6.07, 6.45) is 5.60. The van der Waals surface area contributed by atoms with Gasteiger partial charge < -0.3 is 0 Å². The largest absolute Gasteiger partial charge is 0.291 e. The molecular formula is C27H26FN3. The maximum atomic E-state index is 14.3. The first-order valence-electron chi connectivity index (χ1n) is 11.0. The maximum absolute atomic E-state index is 14.3. The van der Waals surface area contributed by atoms with E-state index in [0.29, 0.717) is 0 Å². The van der Waals surface area contributed by atoms with Crippen molar-refractivity contribution in [3.63, 3.8) is 0 Å². The van der Waals surface area contributed by atoms with Crippen molar-refractivity contribution < 1.29 is 4.39 Å². The molecule has 31 heavy (non-hydrogen) atoms. The van der Waals surface area contributed by atoms with Gasteiger partial charge in [0.15, 0.2) is 0 Å². The van der Waals surface area contributed by atoms with Crippen molar-refractivity contribution in [1.82, 2.24) is 14.9 Å². The van der Waals surface area contributed by atoms with Crippen molar-refractivity contribution in [2.45, 2.75) is 31.7 Å². The Kier molecular flexibility index (Phi) is 5.47. The summed E-state index contributed by atoms with van der Waals surface area (Å²) in [7, 11) is 0. The smallest absolute Gasteiger partial charge is 0.126 e. The highest BCUT2D eigenvalue weighted by Gasteiger charge is 2.30. The molecule has 1 aliphatic rings. The first kappa shape index (κ1) is 19.8. The minimum absolute atomic E-state index is 0.0641. The van der Waals surface area contributed by atoms with Gasteiger partial charge in [-0.25, -0.2) is 4.39 Å². The normalized spacial score (nSPS) is 16.5. The molecule has 156 valence electrons. The summed E-state index contributed by atoms with van der Waals surface area (Å²) in [6.45, 7) is 3.96. The molecule has 4 heteroatoms. The molecule has 0 saturated carbocycles. The second-order valence-corrected chi connectivity index (χ2v) is 8.34. The van der Waals surface area contributed by atoms with Crippen molar-refractivity contribution in [3.8, 4) is 0 Å². The molecule has 4 aromatic rings. The predicted octanol–water partition coefficient (Wildman–Crippen LogP) is 6.05. The van der Waals surface area contributed by atoms with Gasteiger partial charge in [-0.3, -0.25) is 14.9 Å². The summed E-state index contributed by atoms with van der Waals surface area (Å²) in [5.74, 6) is 0.180. The number of pyridine rings is 2. The number of hydrogen-bond acceptors (Lipinski definition) is 3. The Morgan fingerprint density at radius 1 is 0.871 bits per heavy atom. The summed E-state index contributed by atoms with van der Waals surface area (Å²) >= 11 is 0. The van der Waals surface area contributed by atoms with Crippen LogP contribution in [0.25, 0.3) is 10.9 Å². The van der Waals surface area contributed by atoms with Crippen LogP contribution in [-0.2, 0) is 0 Å². The second-order valence-electron chi connectivity index (χ2n) is 8.34. The number of hydrogen-bond donors (Lipinski definition) is 0. The van der Waals surface area contributed by atoms with E-state index in [1.54, 1.807) is 12.1 Å². The van der Waals surface area contributed by atoms with Crippen molar-refractivity contribution in [1.29, 1.82) is 0 Å². The molecule has 0 spiro atoms. The number of halogens is 1. The molecule has 0 N–H and O–H groups in total. The first-order valence-corrected chi connectivity index (χ1v) is 11.0. The first-order chi connectivity index (χ1) is 15.2. The molecule has 5 rings (SSSR count). The standard InChI is InChI=1S/C27H26FN3/c1-19-22(12-11-21-7-6-16-30-26(19)21)27(25-10-4-5-15-29-25)31-17-13-20(14-18-31)23-8-2-3-9-24(23)28/h2-12,15-16,20,27H,13-14,17-18H2,1H3. The summed E-state index contributed by atoms with van der Waals surface area (Å²) in [5, 5.41) is 1.15. The van der Waals surface area contributed by atoms with Gasteiger partial charge >= 0.3 is 0 Å². The van der Waals surface area contributed by atoms with Crippen molar-refractivity contribution >= 4 is 10.9 Å². The van der Waals surface area contributed by atoms with Crippen LogP contribution < -0.4 is 0 Å². The molecule has 1 fully saturated rings. The Labute approximate surface area is 182 Å². The highest BCUT2D eigenvalue weighted by molar-refractivity contribution is 5.82. The lowest BCUT2D eigenvalue weighted by molar-refractivity contribution is 0.170. The third-order valence-corrected chi connectivity index (χ3v) is 6.57. The van der Waals surface area contributed by atoms with Crippen LogP contribution in [0.15, 0.2) is 79.1 Å². The van der Waals surface area contributed by atoms with Gasteiger partial charge in [0.05, 0.1) is 17.3 Å². The molecule has 1 atom stereocenters. The molecule has 0 bridgehead atoms. The number of nitrogens with zero attached hydrogens (tertiary/aromatic N) is 3. The number of aromatic nitrogens is 2. The summed E-state index contributed by atoms with van der Waals surface area (Å²) in [4.78, 5) is 11.9. The third kappa shape index (κ3) is 3.84. The molecule has 1 unspecified atom stereocenters. The SMILES string of the molecule is Cc1c(C(c2ccccn2)N2CCC(c3ccccc3F)CC2)ccc2cccnc12. The van der Waals surface area contributed by atoms with Gasteiger partial charge in [0, 0.05) is 17.8 Å².